The molecule has 1 aromatic carbocycles. The Hall–Kier alpha value is -2.10. The fourth-order valence-electron chi connectivity index (χ4n) is 0.924. The number of rotatable bonds is 3. The summed E-state index contributed by atoms with van der Waals surface area (Å²) in [7, 11) is 0. The van der Waals surface area contributed by atoms with Crippen LogP contribution in [0.4, 0.5) is 0 Å². The highest BCUT2D eigenvalue weighted by Crippen LogP contribution is 2.26. The number of carbonyl (C=O) groups excluding carboxylic acids is 2. The molecule has 15 heavy (non-hydrogen) atoms. The monoisotopic (exact) mass is 206 g/mol. The zero-order valence-corrected chi connectivity index (χ0v) is 8.23. The van der Waals surface area contributed by atoms with Gasteiger partial charge in [-0.2, -0.15) is 0 Å². The molecule has 1 rings (SSSR count). The molecule has 0 spiro atoms. The highest BCUT2D eigenvalue weighted by atomic mass is 16.6. The van der Waals surface area contributed by atoms with Crippen molar-refractivity contribution in [2.45, 2.75) is 6.92 Å². The third-order valence-electron chi connectivity index (χ3n) is 1.48. The van der Waals surface area contributed by atoms with Gasteiger partial charge in [-0.15, -0.1) is 0 Å². The van der Waals surface area contributed by atoms with Gasteiger partial charge in [0.2, 0.25) is 0 Å². The average molecular weight is 206 g/mol. The van der Waals surface area contributed by atoms with Gasteiger partial charge in [-0.05, 0) is 12.1 Å². The molecule has 0 aliphatic carbocycles. The van der Waals surface area contributed by atoms with Crippen molar-refractivity contribution in [2.75, 3.05) is 0 Å². The van der Waals surface area contributed by atoms with Gasteiger partial charge in [0.15, 0.2) is 11.5 Å². The number of ether oxygens (including phenoxy) is 2. The molecule has 1 aromatic rings. The van der Waals surface area contributed by atoms with E-state index >= 15 is 0 Å². The molecule has 0 aromatic heterocycles. The van der Waals surface area contributed by atoms with Crippen LogP contribution in [0.15, 0.2) is 36.9 Å². The molecule has 4 heteroatoms. The molecule has 0 saturated carbocycles. The van der Waals surface area contributed by atoms with Gasteiger partial charge in [0.1, 0.15) is 0 Å². The van der Waals surface area contributed by atoms with Crippen LogP contribution in [0.5, 0.6) is 11.5 Å². The summed E-state index contributed by atoms with van der Waals surface area (Å²) in [6.45, 7) is 4.54. The van der Waals surface area contributed by atoms with Crippen molar-refractivity contribution in [2.24, 2.45) is 0 Å². The first-order valence-electron chi connectivity index (χ1n) is 4.25. The van der Waals surface area contributed by atoms with E-state index in [0.717, 1.165) is 6.08 Å². The fourth-order valence-corrected chi connectivity index (χ4v) is 0.924. The van der Waals surface area contributed by atoms with Crippen molar-refractivity contribution in [3.8, 4) is 11.5 Å². The van der Waals surface area contributed by atoms with E-state index in [-0.39, 0.29) is 11.5 Å². The molecule has 0 fully saturated rings. The van der Waals surface area contributed by atoms with Gasteiger partial charge in [-0.25, -0.2) is 4.79 Å². The van der Waals surface area contributed by atoms with Gasteiger partial charge in [0, 0.05) is 13.0 Å². The lowest BCUT2D eigenvalue weighted by molar-refractivity contribution is -0.133. The minimum Gasteiger partial charge on any atom is -0.423 e. The SMILES string of the molecule is C=CC(=O)Oc1ccccc1OC(C)=O. The number of carbonyl (C=O) groups is 2. The van der Waals surface area contributed by atoms with Gasteiger partial charge in [0.25, 0.3) is 0 Å². The van der Waals surface area contributed by atoms with Crippen LogP contribution in [0.2, 0.25) is 0 Å². The first-order valence-corrected chi connectivity index (χ1v) is 4.25. The summed E-state index contributed by atoms with van der Waals surface area (Å²) >= 11 is 0. The number of esters is 2. The van der Waals surface area contributed by atoms with Gasteiger partial charge in [0.05, 0.1) is 0 Å². The first kappa shape index (κ1) is 11.0. The summed E-state index contributed by atoms with van der Waals surface area (Å²) in [6.07, 6.45) is 1.03. The summed E-state index contributed by atoms with van der Waals surface area (Å²) < 4.78 is 9.70. The molecule has 0 N–H and O–H groups in total. The molecule has 0 radical (unpaired) electrons. The molecule has 78 valence electrons. The second kappa shape index (κ2) is 4.95. The summed E-state index contributed by atoms with van der Waals surface area (Å²) in [5.74, 6) is -0.676. The largest absolute Gasteiger partial charge is 0.423 e. The molecule has 0 aliphatic heterocycles. The Morgan fingerprint density at radius 2 is 1.73 bits per heavy atom. The molecule has 0 unspecified atom stereocenters. The van der Waals surface area contributed by atoms with Crippen molar-refractivity contribution < 1.29 is 19.1 Å². The van der Waals surface area contributed by atoms with E-state index in [1.807, 2.05) is 0 Å². The Labute approximate surface area is 87.1 Å². The number of para-hydroxylation sites is 2. The Balaban J connectivity index is 2.90. The van der Waals surface area contributed by atoms with E-state index in [1.54, 1.807) is 12.1 Å². The second-order valence-electron chi connectivity index (χ2n) is 2.67. The van der Waals surface area contributed by atoms with Gasteiger partial charge >= 0.3 is 11.9 Å². The molecular weight excluding hydrogens is 196 g/mol. The molecule has 0 amide bonds. The lowest BCUT2D eigenvalue weighted by Crippen LogP contribution is -2.07. The van der Waals surface area contributed by atoms with Crippen LogP contribution in [-0.2, 0) is 9.59 Å². The van der Waals surface area contributed by atoms with Gasteiger partial charge < -0.3 is 9.47 Å². The summed E-state index contributed by atoms with van der Waals surface area (Å²) in [5.41, 5.74) is 0. The lowest BCUT2D eigenvalue weighted by Gasteiger charge is -2.07. The molecule has 0 heterocycles. The third-order valence-corrected chi connectivity index (χ3v) is 1.48. The fraction of sp³-hybridized carbons (Fsp3) is 0.0909. The van der Waals surface area contributed by atoms with Crippen molar-refractivity contribution in [3.63, 3.8) is 0 Å². The maximum absolute atomic E-state index is 10.9. The summed E-state index contributed by atoms with van der Waals surface area (Å²) in [5, 5.41) is 0. The predicted octanol–water partition coefficient (Wildman–Crippen LogP) is 1.70. The normalized spacial score (nSPS) is 9.13. The quantitative estimate of drug-likeness (QED) is 0.429. The zero-order chi connectivity index (χ0) is 11.3. The topological polar surface area (TPSA) is 52.6 Å². The Bertz CT molecular complexity index is 395. The van der Waals surface area contributed by atoms with Gasteiger partial charge in [-0.3, -0.25) is 4.79 Å². The molecule has 4 nitrogen and oxygen atoms in total. The third kappa shape index (κ3) is 3.27. The molecule has 0 aliphatic rings. The van der Waals surface area contributed by atoms with Crippen LogP contribution in [0.3, 0.4) is 0 Å². The highest BCUT2D eigenvalue weighted by Gasteiger charge is 2.08. The number of hydrogen-bond donors (Lipinski definition) is 0. The van der Waals surface area contributed by atoms with E-state index in [9.17, 15) is 9.59 Å². The van der Waals surface area contributed by atoms with Crippen LogP contribution in [0, 0.1) is 0 Å². The average Bonchev–Trinajstić information content (AvgIpc) is 2.20. The van der Waals surface area contributed by atoms with E-state index in [1.165, 1.54) is 19.1 Å². The molecule has 0 bridgehead atoms. The first-order chi connectivity index (χ1) is 7.13. The number of hydrogen-bond acceptors (Lipinski definition) is 4. The van der Waals surface area contributed by atoms with Crippen LogP contribution >= 0.6 is 0 Å². The molecule has 0 atom stereocenters. The smallest absolute Gasteiger partial charge is 0.335 e. The molecule has 0 saturated heterocycles. The standard InChI is InChI=1S/C11H10O4/c1-3-11(13)15-10-7-5-4-6-9(10)14-8(2)12/h3-7H,1H2,2H3. The van der Waals surface area contributed by atoms with Crippen molar-refractivity contribution >= 4 is 11.9 Å². The van der Waals surface area contributed by atoms with Crippen LogP contribution < -0.4 is 9.47 Å². The zero-order valence-electron chi connectivity index (χ0n) is 8.23. The van der Waals surface area contributed by atoms with Crippen molar-refractivity contribution in [3.05, 3.63) is 36.9 Å². The van der Waals surface area contributed by atoms with Crippen molar-refractivity contribution in [1.29, 1.82) is 0 Å². The minimum atomic E-state index is -0.602. The van der Waals surface area contributed by atoms with E-state index < -0.39 is 11.9 Å². The van der Waals surface area contributed by atoms with Crippen molar-refractivity contribution in [1.82, 2.24) is 0 Å². The Morgan fingerprint density at radius 3 is 2.20 bits per heavy atom. The highest BCUT2D eigenvalue weighted by molar-refractivity contribution is 5.84. The van der Waals surface area contributed by atoms with Crippen LogP contribution in [0.1, 0.15) is 6.92 Å². The van der Waals surface area contributed by atoms with E-state index in [2.05, 4.69) is 6.58 Å². The summed E-state index contributed by atoms with van der Waals surface area (Å²) in [4.78, 5) is 21.7. The predicted molar refractivity (Wildman–Crippen MR) is 53.6 cm³/mol. The minimum absolute atomic E-state index is 0.192. The van der Waals surface area contributed by atoms with Crippen LogP contribution in [0.25, 0.3) is 0 Å². The maximum Gasteiger partial charge on any atom is 0.335 e. The lowest BCUT2D eigenvalue weighted by atomic mass is 10.3. The number of benzene rings is 1. The maximum atomic E-state index is 10.9. The van der Waals surface area contributed by atoms with Gasteiger partial charge in [-0.1, -0.05) is 18.7 Å². The Kier molecular flexibility index (Phi) is 3.62. The van der Waals surface area contributed by atoms with E-state index in [0.29, 0.717) is 0 Å². The van der Waals surface area contributed by atoms with Crippen LogP contribution in [-0.4, -0.2) is 11.9 Å². The van der Waals surface area contributed by atoms with E-state index in [4.69, 9.17) is 9.47 Å². The second-order valence-corrected chi connectivity index (χ2v) is 2.67. The Morgan fingerprint density at radius 1 is 1.20 bits per heavy atom. The summed E-state index contributed by atoms with van der Waals surface area (Å²) in [6, 6.07) is 6.40. The molecular formula is C11H10O4.